The SMILES string of the molecule is CC1=C[C@H]2C[C@@H]1[C@H](C)[C@H]2C(=O)Cl. The minimum absolute atomic E-state index is 0.0976. The van der Waals surface area contributed by atoms with Gasteiger partial charge in [-0.1, -0.05) is 18.6 Å². The number of fused-ring (bicyclic) bond motifs is 2. The fourth-order valence-electron chi connectivity index (χ4n) is 2.90. The summed E-state index contributed by atoms with van der Waals surface area (Å²) in [5, 5.41) is -0.140. The lowest BCUT2D eigenvalue weighted by molar-refractivity contribution is -0.116. The molecular formula is C10H13ClO. The molecule has 2 aliphatic rings. The zero-order valence-electron chi connectivity index (χ0n) is 7.38. The number of carbonyl (C=O) groups excluding carboxylic acids is 1. The first-order valence-electron chi connectivity index (χ1n) is 4.49. The molecule has 0 aromatic carbocycles. The van der Waals surface area contributed by atoms with Crippen molar-refractivity contribution in [1.29, 1.82) is 0 Å². The number of hydrogen-bond donors (Lipinski definition) is 0. The number of hydrogen-bond acceptors (Lipinski definition) is 1. The van der Waals surface area contributed by atoms with Crippen LogP contribution in [-0.4, -0.2) is 5.24 Å². The molecule has 0 aromatic heterocycles. The number of halogens is 1. The summed E-state index contributed by atoms with van der Waals surface area (Å²) >= 11 is 5.55. The minimum atomic E-state index is -0.140. The van der Waals surface area contributed by atoms with Gasteiger partial charge in [-0.3, -0.25) is 4.79 Å². The lowest BCUT2D eigenvalue weighted by Gasteiger charge is -2.23. The van der Waals surface area contributed by atoms with Crippen LogP contribution in [-0.2, 0) is 4.79 Å². The number of carbonyl (C=O) groups is 1. The van der Waals surface area contributed by atoms with Crippen molar-refractivity contribution in [2.24, 2.45) is 23.7 Å². The highest BCUT2D eigenvalue weighted by molar-refractivity contribution is 6.64. The van der Waals surface area contributed by atoms with Gasteiger partial charge in [-0.2, -0.15) is 0 Å². The molecule has 0 N–H and O–H groups in total. The fraction of sp³-hybridized carbons (Fsp3) is 0.700. The maximum Gasteiger partial charge on any atom is 0.225 e. The maximum atomic E-state index is 11.1. The van der Waals surface area contributed by atoms with Gasteiger partial charge >= 0.3 is 0 Å². The monoisotopic (exact) mass is 184 g/mol. The second-order valence-electron chi connectivity index (χ2n) is 4.11. The Labute approximate surface area is 77.8 Å². The Morgan fingerprint density at radius 3 is 2.75 bits per heavy atom. The Balaban J connectivity index is 2.28. The van der Waals surface area contributed by atoms with Crippen molar-refractivity contribution in [3.63, 3.8) is 0 Å². The molecule has 1 saturated carbocycles. The highest BCUT2D eigenvalue weighted by Crippen LogP contribution is 2.51. The molecule has 0 amide bonds. The molecule has 0 aromatic rings. The third-order valence-corrected chi connectivity index (χ3v) is 3.76. The van der Waals surface area contributed by atoms with Crippen LogP contribution in [0.4, 0.5) is 0 Å². The fourth-order valence-corrected chi connectivity index (χ4v) is 3.26. The highest BCUT2D eigenvalue weighted by atomic mass is 35.5. The Morgan fingerprint density at radius 1 is 1.67 bits per heavy atom. The smallest absolute Gasteiger partial charge is 0.225 e. The molecule has 0 heterocycles. The summed E-state index contributed by atoms with van der Waals surface area (Å²) in [6.45, 7) is 4.31. The van der Waals surface area contributed by atoms with Gasteiger partial charge in [0.1, 0.15) is 0 Å². The summed E-state index contributed by atoms with van der Waals surface area (Å²) in [5.41, 5.74) is 1.46. The van der Waals surface area contributed by atoms with Crippen LogP contribution in [0.15, 0.2) is 11.6 Å². The number of rotatable bonds is 1. The first-order chi connectivity index (χ1) is 5.61. The van der Waals surface area contributed by atoms with Crippen molar-refractivity contribution in [1.82, 2.24) is 0 Å². The quantitative estimate of drug-likeness (QED) is 0.452. The molecule has 2 bridgehead atoms. The van der Waals surface area contributed by atoms with Gasteiger partial charge in [0.15, 0.2) is 0 Å². The Bertz CT molecular complexity index is 257. The van der Waals surface area contributed by atoms with E-state index in [1.54, 1.807) is 0 Å². The third-order valence-electron chi connectivity index (χ3n) is 3.51. The Kier molecular flexibility index (Phi) is 1.80. The van der Waals surface area contributed by atoms with E-state index in [0.29, 0.717) is 17.8 Å². The molecule has 2 heteroatoms. The topological polar surface area (TPSA) is 17.1 Å². The highest BCUT2D eigenvalue weighted by Gasteiger charge is 2.47. The van der Waals surface area contributed by atoms with Crippen molar-refractivity contribution in [2.75, 3.05) is 0 Å². The van der Waals surface area contributed by atoms with E-state index in [0.717, 1.165) is 6.42 Å². The molecule has 66 valence electrons. The van der Waals surface area contributed by atoms with Gasteiger partial charge in [-0.25, -0.2) is 0 Å². The van der Waals surface area contributed by atoms with Crippen LogP contribution in [0.3, 0.4) is 0 Å². The zero-order chi connectivity index (χ0) is 8.88. The van der Waals surface area contributed by atoms with Gasteiger partial charge in [0, 0.05) is 5.92 Å². The molecule has 0 radical (unpaired) electrons. The van der Waals surface area contributed by atoms with Gasteiger partial charge in [0.2, 0.25) is 5.24 Å². The summed E-state index contributed by atoms with van der Waals surface area (Å²) in [4.78, 5) is 11.1. The molecule has 2 rings (SSSR count). The molecule has 4 atom stereocenters. The largest absolute Gasteiger partial charge is 0.281 e. The van der Waals surface area contributed by atoms with E-state index in [1.807, 2.05) is 0 Å². The Hall–Kier alpha value is -0.300. The molecule has 2 aliphatic carbocycles. The van der Waals surface area contributed by atoms with Crippen LogP contribution >= 0.6 is 11.6 Å². The lowest BCUT2D eigenvalue weighted by Crippen LogP contribution is -2.23. The summed E-state index contributed by atoms with van der Waals surface area (Å²) in [7, 11) is 0. The van der Waals surface area contributed by atoms with Crippen LogP contribution in [0.25, 0.3) is 0 Å². The Morgan fingerprint density at radius 2 is 2.33 bits per heavy atom. The molecule has 12 heavy (non-hydrogen) atoms. The summed E-state index contributed by atoms with van der Waals surface area (Å²) < 4.78 is 0. The van der Waals surface area contributed by atoms with Crippen LogP contribution in [0.5, 0.6) is 0 Å². The third kappa shape index (κ3) is 0.957. The van der Waals surface area contributed by atoms with Gasteiger partial charge < -0.3 is 0 Å². The van der Waals surface area contributed by atoms with Crippen molar-refractivity contribution in [3.05, 3.63) is 11.6 Å². The summed E-state index contributed by atoms with van der Waals surface area (Å²) in [5.74, 6) is 1.63. The summed E-state index contributed by atoms with van der Waals surface area (Å²) in [6, 6.07) is 0. The van der Waals surface area contributed by atoms with E-state index in [4.69, 9.17) is 11.6 Å². The average molecular weight is 185 g/mol. The predicted octanol–water partition coefficient (Wildman–Crippen LogP) is 2.60. The molecule has 0 unspecified atom stereocenters. The first kappa shape index (κ1) is 8.31. The average Bonchev–Trinajstić information content (AvgIpc) is 2.42. The van der Waals surface area contributed by atoms with E-state index in [2.05, 4.69) is 19.9 Å². The van der Waals surface area contributed by atoms with E-state index in [-0.39, 0.29) is 11.2 Å². The van der Waals surface area contributed by atoms with Gasteiger partial charge in [-0.15, -0.1) is 0 Å². The molecule has 0 aliphatic heterocycles. The second kappa shape index (κ2) is 2.59. The van der Waals surface area contributed by atoms with Crippen molar-refractivity contribution in [3.8, 4) is 0 Å². The van der Waals surface area contributed by atoms with E-state index in [9.17, 15) is 4.79 Å². The molecular weight excluding hydrogens is 172 g/mol. The van der Waals surface area contributed by atoms with Gasteiger partial charge in [0.25, 0.3) is 0 Å². The van der Waals surface area contributed by atoms with Crippen LogP contribution in [0, 0.1) is 23.7 Å². The number of allylic oxidation sites excluding steroid dienone is 2. The van der Waals surface area contributed by atoms with Gasteiger partial charge in [0.05, 0.1) is 0 Å². The standard InChI is InChI=1S/C10H13ClO/c1-5-3-7-4-8(5)6(2)9(7)10(11)12/h3,6-9H,4H2,1-2H3/t6-,7-,8-,9+/m0/s1. The zero-order valence-corrected chi connectivity index (χ0v) is 8.14. The predicted molar refractivity (Wildman–Crippen MR) is 48.9 cm³/mol. The molecule has 0 spiro atoms. The first-order valence-corrected chi connectivity index (χ1v) is 4.86. The van der Waals surface area contributed by atoms with Crippen molar-refractivity contribution < 1.29 is 4.79 Å². The lowest BCUT2D eigenvalue weighted by atomic mass is 9.82. The maximum absolute atomic E-state index is 11.1. The molecule has 1 fully saturated rings. The normalized spacial score (nSPS) is 44.8. The molecule has 1 nitrogen and oxygen atoms in total. The van der Waals surface area contributed by atoms with Crippen molar-refractivity contribution >= 4 is 16.8 Å². The van der Waals surface area contributed by atoms with Gasteiger partial charge in [-0.05, 0) is 42.7 Å². The van der Waals surface area contributed by atoms with Crippen LogP contribution in [0.2, 0.25) is 0 Å². The van der Waals surface area contributed by atoms with E-state index < -0.39 is 0 Å². The summed E-state index contributed by atoms with van der Waals surface area (Å²) in [6.07, 6.45) is 3.38. The second-order valence-corrected chi connectivity index (χ2v) is 4.48. The molecule has 0 saturated heterocycles. The van der Waals surface area contributed by atoms with E-state index >= 15 is 0 Å². The minimum Gasteiger partial charge on any atom is -0.281 e. The van der Waals surface area contributed by atoms with E-state index in [1.165, 1.54) is 5.57 Å². The van der Waals surface area contributed by atoms with Crippen molar-refractivity contribution in [2.45, 2.75) is 20.3 Å². The van der Waals surface area contributed by atoms with Crippen LogP contribution in [0.1, 0.15) is 20.3 Å². The van der Waals surface area contributed by atoms with Crippen LogP contribution < -0.4 is 0 Å².